The number of hydrogen-bond acceptors (Lipinski definition) is 2. The smallest absolute Gasteiger partial charge is 0.161 e. The fraction of sp³-hybridized carbons (Fsp3) is 0.308. The first kappa shape index (κ1) is 10.7. The van der Waals surface area contributed by atoms with E-state index in [0.717, 1.165) is 16.7 Å². The molecule has 0 radical (unpaired) electrons. The molecule has 0 amide bonds. The molecule has 0 spiro atoms. The van der Waals surface area contributed by atoms with Gasteiger partial charge in [-0.25, -0.2) is 0 Å². The zero-order valence-corrected chi connectivity index (χ0v) is 9.70. The first-order valence-corrected chi connectivity index (χ1v) is 5.36. The molecule has 3 heteroatoms. The third kappa shape index (κ3) is 1.94. The molecule has 0 aliphatic heterocycles. The summed E-state index contributed by atoms with van der Waals surface area (Å²) in [5.74, 6) is 0.859. The van der Waals surface area contributed by atoms with Crippen molar-refractivity contribution >= 4 is 16.7 Å². The number of aromatic nitrogens is 1. The Kier molecular flexibility index (Phi) is 2.69. The zero-order valence-electron chi connectivity index (χ0n) is 9.70. The highest BCUT2D eigenvalue weighted by Gasteiger charge is 2.09. The van der Waals surface area contributed by atoms with Crippen LogP contribution in [0, 0.1) is 0 Å². The topological polar surface area (TPSA) is 42.1 Å². The Hall–Kier alpha value is -1.77. The van der Waals surface area contributed by atoms with Crippen molar-refractivity contribution < 1.29 is 9.53 Å². The summed E-state index contributed by atoms with van der Waals surface area (Å²) in [5.41, 5.74) is 1.67. The Labute approximate surface area is 94.4 Å². The van der Waals surface area contributed by atoms with Gasteiger partial charge in [0.1, 0.15) is 5.75 Å². The van der Waals surface area contributed by atoms with Crippen molar-refractivity contribution in [3.05, 3.63) is 30.0 Å². The molecule has 1 heterocycles. The molecule has 2 aromatic rings. The van der Waals surface area contributed by atoms with Crippen LogP contribution in [0.2, 0.25) is 0 Å². The molecule has 0 saturated heterocycles. The van der Waals surface area contributed by atoms with Gasteiger partial charge in [-0.3, -0.25) is 4.79 Å². The van der Waals surface area contributed by atoms with Gasteiger partial charge in [-0.05, 0) is 39.0 Å². The summed E-state index contributed by atoms with van der Waals surface area (Å²) in [6.07, 6.45) is 1.88. The monoisotopic (exact) mass is 217 g/mol. The molecule has 2 rings (SSSR count). The minimum Gasteiger partial charge on any atom is -0.491 e. The van der Waals surface area contributed by atoms with Crippen molar-refractivity contribution in [2.75, 3.05) is 0 Å². The van der Waals surface area contributed by atoms with E-state index in [4.69, 9.17) is 4.74 Å². The Bertz CT molecular complexity index is 526. The molecule has 0 bridgehead atoms. The fourth-order valence-corrected chi connectivity index (χ4v) is 1.74. The van der Waals surface area contributed by atoms with Gasteiger partial charge in [0.2, 0.25) is 0 Å². The highest BCUT2D eigenvalue weighted by molar-refractivity contribution is 6.06. The third-order valence-corrected chi connectivity index (χ3v) is 2.40. The van der Waals surface area contributed by atoms with E-state index in [1.807, 2.05) is 32.0 Å². The maximum atomic E-state index is 11.4. The minimum atomic E-state index is 0.0629. The van der Waals surface area contributed by atoms with Crippen molar-refractivity contribution in [3.63, 3.8) is 0 Å². The van der Waals surface area contributed by atoms with Gasteiger partial charge in [-0.1, -0.05) is 0 Å². The van der Waals surface area contributed by atoms with Gasteiger partial charge in [0, 0.05) is 22.7 Å². The highest BCUT2D eigenvalue weighted by atomic mass is 16.5. The van der Waals surface area contributed by atoms with Gasteiger partial charge in [0.05, 0.1) is 6.10 Å². The number of H-pyrrole nitrogens is 1. The van der Waals surface area contributed by atoms with Crippen LogP contribution in [0.4, 0.5) is 0 Å². The van der Waals surface area contributed by atoms with Crippen LogP contribution in [-0.4, -0.2) is 16.9 Å². The van der Waals surface area contributed by atoms with Crippen LogP contribution in [-0.2, 0) is 0 Å². The van der Waals surface area contributed by atoms with Gasteiger partial charge < -0.3 is 9.72 Å². The molecule has 0 atom stereocenters. The minimum absolute atomic E-state index is 0.0629. The molecule has 16 heavy (non-hydrogen) atoms. The standard InChI is InChI=1S/C13H15NO2/c1-8(2)16-10-4-5-13-11(6-10)12(7-14-13)9(3)15/h4-8,14H,1-3H3. The molecule has 1 N–H and O–H groups in total. The van der Waals surface area contributed by atoms with E-state index < -0.39 is 0 Å². The van der Waals surface area contributed by atoms with Crippen LogP contribution in [0.1, 0.15) is 31.1 Å². The summed E-state index contributed by atoms with van der Waals surface area (Å²) < 4.78 is 5.60. The molecule has 0 saturated carbocycles. The molecule has 3 nitrogen and oxygen atoms in total. The Balaban J connectivity index is 2.50. The van der Waals surface area contributed by atoms with E-state index in [1.54, 1.807) is 13.1 Å². The van der Waals surface area contributed by atoms with E-state index in [1.165, 1.54) is 0 Å². The van der Waals surface area contributed by atoms with Crippen LogP contribution in [0.25, 0.3) is 10.9 Å². The lowest BCUT2D eigenvalue weighted by atomic mass is 10.1. The number of fused-ring (bicyclic) bond motifs is 1. The second-order valence-corrected chi connectivity index (χ2v) is 4.13. The number of ketones is 1. The average Bonchev–Trinajstić information content (AvgIpc) is 2.59. The molecule has 84 valence electrons. The number of aromatic amines is 1. The molecular formula is C13H15NO2. The lowest BCUT2D eigenvalue weighted by Gasteiger charge is -2.09. The lowest BCUT2D eigenvalue weighted by molar-refractivity contribution is 0.101. The van der Waals surface area contributed by atoms with Crippen molar-refractivity contribution in [3.8, 4) is 5.75 Å². The maximum Gasteiger partial charge on any atom is 0.161 e. The normalized spacial score (nSPS) is 11.0. The average molecular weight is 217 g/mol. The van der Waals surface area contributed by atoms with Crippen LogP contribution in [0.15, 0.2) is 24.4 Å². The summed E-state index contributed by atoms with van der Waals surface area (Å²) in [7, 11) is 0. The quantitative estimate of drug-likeness (QED) is 0.802. The number of ether oxygens (including phenoxy) is 1. The first-order valence-electron chi connectivity index (χ1n) is 5.36. The number of benzene rings is 1. The number of Topliss-reactive ketones (excluding diaryl/α,β-unsaturated/α-hetero) is 1. The predicted octanol–water partition coefficient (Wildman–Crippen LogP) is 3.16. The van der Waals surface area contributed by atoms with E-state index in [2.05, 4.69) is 4.98 Å². The second-order valence-electron chi connectivity index (χ2n) is 4.13. The van der Waals surface area contributed by atoms with Crippen LogP contribution in [0.5, 0.6) is 5.75 Å². The molecule has 1 aromatic heterocycles. The molecule has 0 aliphatic rings. The summed E-state index contributed by atoms with van der Waals surface area (Å²) in [4.78, 5) is 14.5. The van der Waals surface area contributed by atoms with E-state index >= 15 is 0 Å². The van der Waals surface area contributed by atoms with Gasteiger partial charge in [-0.15, -0.1) is 0 Å². The summed E-state index contributed by atoms with van der Waals surface area (Å²) >= 11 is 0. The number of carbonyl (C=O) groups is 1. The summed E-state index contributed by atoms with van der Waals surface area (Å²) in [5, 5.41) is 0.922. The van der Waals surface area contributed by atoms with Gasteiger partial charge in [-0.2, -0.15) is 0 Å². The summed E-state index contributed by atoms with van der Waals surface area (Å²) in [6, 6.07) is 5.74. The zero-order chi connectivity index (χ0) is 11.7. The SMILES string of the molecule is CC(=O)c1c[nH]c2ccc(OC(C)C)cc12. The van der Waals surface area contributed by atoms with E-state index in [9.17, 15) is 4.79 Å². The fourth-order valence-electron chi connectivity index (χ4n) is 1.74. The largest absolute Gasteiger partial charge is 0.491 e. The molecule has 1 aromatic carbocycles. The first-order chi connectivity index (χ1) is 7.58. The van der Waals surface area contributed by atoms with Crippen LogP contribution >= 0.6 is 0 Å². The van der Waals surface area contributed by atoms with Crippen LogP contribution in [0.3, 0.4) is 0 Å². The number of carbonyl (C=O) groups excluding carboxylic acids is 1. The van der Waals surface area contributed by atoms with Crippen molar-refractivity contribution in [2.45, 2.75) is 26.9 Å². The van der Waals surface area contributed by atoms with Gasteiger partial charge in [0.15, 0.2) is 5.78 Å². The third-order valence-electron chi connectivity index (χ3n) is 2.40. The van der Waals surface area contributed by atoms with Gasteiger partial charge in [0.25, 0.3) is 0 Å². The number of hydrogen-bond donors (Lipinski definition) is 1. The second kappa shape index (κ2) is 4.00. The van der Waals surface area contributed by atoms with Crippen LogP contribution < -0.4 is 4.74 Å². The molecule has 0 unspecified atom stereocenters. The van der Waals surface area contributed by atoms with Gasteiger partial charge >= 0.3 is 0 Å². The highest BCUT2D eigenvalue weighted by Crippen LogP contribution is 2.24. The Morgan fingerprint density at radius 2 is 2.12 bits per heavy atom. The predicted molar refractivity (Wildman–Crippen MR) is 64.1 cm³/mol. The molecular weight excluding hydrogens is 202 g/mol. The molecule has 0 fully saturated rings. The summed E-state index contributed by atoms with van der Waals surface area (Å²) in [6.45, 7) is 5.53. The lowest BCUT2D eigenvalue weighted by Crippen LogP contribution is -2.05. The van der Waals surface area contributed by atoms with Crippen molar-refractivity contribution in [2.24, 2.45) is 0 Å². The maximum absolute atomic E-state index is 11.4. The Morgan fingerprint density at radius 1 is 1.38 bits per heavy atom. The molecule has 0 aliphatic carbocycles. The van der Waals surface area contributed by atoms with E-state index in [0.29, 0.717) is 5.56 Å². The number of rotatable bonds is 3. The van der Waals surface area contributed by atoms with E-state index in [-0.39, 0.29) is 11.9 Å². The van der Waals surface area contributed by atoms with Crippen molar-refractivity contribution in [1.29, 1.82) is 0 Å². The number of nitrogens with one attached hydrogen (secondary N) is 1. The van der Waals surface area contributed by atoms with Crippen molar-refractivity contribution in [1.82, 2.24) is 4.98 Å². The Morgan fingerprint density at radius 3 is 2.75 bits per heavy atom.